The number of nitrogens with one attached hydrogen (secondary N) is 3. The second kappa shape index (κ2) is 13.2. The molecule has 0 spiro atoms. The molecule has 0 unspecified atom stereocenters. The van der Waals surface area contributed by atoms with E-state index in [1.54, 1.807) is 6.07 Å². The van der Waals surface area contributed by atoms with Crippen molar-refractivity contribution in [2.24, 2.45) is 5.73 Å². The molecule has 1 saturated carbocycles. The van der Waals surface area contributed by atoms with Crippen LogP contribution in [0.15, 0.2) is 42.5 Å². The van der Waals surface area contributed by atoms with Crippen LogP contribution in [0.3, 0.4) is 0 Å². The molecule has 3 atom stereocenters. The zero-order valence-electron chi connectivity index (χ0n) is 22.9. The Labute approximate surface area is 234 Å². The molecule has 3 amide bonds. The topological polar surface area (TPSA) is 143 Å². The van der Waals surface area contributed by atoms with Gasteiger partial charge in [0.2, 0.25) is 17.7 Å². The Morgan fingerprint density at radius 1 is 1.20 bits per heavy atom. The van der Waals surface area contributed by atoms with Gasteiger partial charge in [-0.15, -0.1) is 0 Å². The average Bonchev–Trinajstić information content (AvgIpc) is 3.72. The number of aryl methyl sites for hydroxylation is 1. The predicted molar refractivity (Wildman–Crippen MR) is 148 cm³/mol. The first-order valence-electron chi connectivity index (χ1n) is 14.0. The summed E-state index contributed by atoms with van der Waals surface area (Å²) < 4.78 is 20.3. The summed E-state index contributed by atoms with van der Waals surface area (Å²) in [5, 5.41) is 20.2. The normalized spacial score (nSPS) is 22.1. The van der Waals surface area contributed by atoms with Gasteiger partial charge in [0.1, 0.15) is 6.04 Å². The molecule has 9 nitrogen and oxygen atoms in total. The number of halogens is 1. The van der Waals surface area contributed by atoms with Gasteiger partial charge in [-0.3, -0.25) is 14.4 Å². The number of aliphatic hydroxyl groups excluding tert-OH is 1. The van der Waals surface area contributed by atoms with E-state index in [0.29, 0.717) is 18.4 Å². The number of aliphatic hydroxyl groups is 1. The summed E-state index contributed by atoms with van der Waals surface area (Å²) in [5.41, 5.74) is 8.04. The van der Waals surface area contributed by atoms with E-state index in [2.05, 4.69) is 41.1 Å². The maximum atomic E-state index is 14.8. The third kappa shape index (κ3) is 7.79. The summed E-state index contributed by atoms with van der Waals surface area (Å²) >= 11 is 0. The van der Waals surface area contributed by atoms with Crippen LogP contribution >= 0.6 is 0 Å². The van der Waals surface area contributed by atoms with Gasteiger partial charge >= 0.3 is 0 Å². The highest BCUT2D eigenvalue weighted by Gasteiger charge is 2.44. The summed E-state index contributed by atoms with van der Waals surface area (Å²) in [6, 6.07) is 10.9. The number of carbonyl (C=O) groups is 3. The molecule has 3 aliphatic rings. The molecule has 5 rings (SSSR count). The lowest BCUT2D eigenvalue weighted by atomic mass is 9.98. The van der Waals surface area contributed by atoms with Crippen molar-refractivity contribution >= 4 is 17.7 Å². The third-order valence-corrected chi connectivity index (χ3v) is 7.64. The molecule has 2 aromatic carbocycles. The number of rotatable bonds is 8. The number of fused-ring (bicyclic) bond motifs is 13. The Balaban J connectivity index is 1.55. The first-order valence-corrected chi connectivity index (χ1v) is 14.0. The Bertz CT molecular complexity index is 1220. The minimum Gasteiger partial charge on any atom is -0.491 e. The van der Waals surface area contributed by atoms with Crippen molar-refractivity contribution in [2.45, 2.75) is 82.0 Å². The molecule has 0 aromatic heterocycles. The monoisotopic (exact) mass is 554 g/mol. The Morgan fingerprint density at radius 3 is 2.70 bits per heavy atom. The molecule has 2 aromatic rings. The molecule has 2 aliphatic heterocycles. The number of primary amides is 1. The molecule has 40 heavy (non-hydrogen) atoms. The molecule has 216 valence electrons. The van der Waals surface area contributed by atoms with Crippen LogP contribution in [-0.4, -0.2) is 54.2 Å². The quantitative estimate of drug-likeness (QED) is 0.338. The van der Waals surface area contributed by atoms with E-state index in [-0.39, 0.29) is 43.7 Å². The van der Waals surface area contributed by atoms with Crippen LogP contribution in [0.5, 0.6) is 5.75 Å². The summed E-state index contributed by atoms with van der Waals surface area (Å²) in [5.74, 6) is -2.23. The van der Waals surface area contributed by atoms with Gasteiger partial charge in [-0.2, -0.15) is 0 Å². The summed E-state index contributed by atoms with van der Waals surface area (Å²) in [4.78, 5) is 37.4. The minimum absolute atomic E-state index is 0.102. The fourth-order valence-corrected chi connectivity index (χ4v) is 5.08. The van der Waals surface area contributed by atoms with Crippen molar-refractivity contribution in [1.82, 2.24) is 16.0 Å². The van der Waals surface area contributed by atoms with Gasteiger partial charge in [-0.1, -0.05) is 37.3 Å². The molecule has 6 N–H and O–H groups in total. The lowest BCUT2D eigenvalue weighted by Gasteiger charge is -2.29. The van der Waals surface area contributed by atoms with E-state index in [1.807, 2.05) is 6.07 Å². The number of carbonyl (C=O) groups excluding carboxylic acids is 3. The summed E-state index contributed by atoms with van der Waals surface area (Å²) in [7, 11) is 0. The van der Waals surface area contributed by atoms with Gasteiger partial charge in [0.05, 0.1) is 25.2 Å². The minimum atomic E-state index is -1.19. The average molecular weight is 555 g/mol. The van der Waals surface area contributed by atoms with Gasteiger partial charge in [-0.05, 0) is 67.3 Å². The maximum Gasteiger partial charge on any atom is 0.243 e. The molecule has 0 saturated heterocycles. The van der Waals surface area contributed by atoms with E-state index in [0.717, 1.165) is 24.8 Å². The number of hydrogen-bond donors (Lipinski definition) is 5. The van der Waals surface area contributed by atoms with Crippen molar-refractivity contribution in [3.8, 4) is 5.75 Å². The van der Waals surface area contributed by atoms with E-state index in [1.165, 1.54) is 17.7 Å². The molecule has 2 bridgehead atoms. The molecule has 0 radical (unpaired) electrons. The van der Waals surface area contributed by atoms with Crippen molar-refractivity contribution < 1.29 is 28.6 Å². The van der Waals surface area contributed by atoms with Gasteiger partial charge < -0.3 is 31.5 Å². The van der Waals surface area contributed by atoms with E-state index < -0.39 is 41.7 Å². The van der Waals surface area contributed by atoms with E-state index in [4.69, 9.17) is 10.5 Å². The Morgan fingerprint density at radius 2 is 2.00 bits per heavy atom. The lowest BCUT2D eigenvalue weighted by molar-refractivity contribution is -0.132. The molecule has 2 heterocycles. The summed E-state index contributed by atoms with van der Waals surface area (Å²) in [6.45, 7) is 2.49. The SMILES string of the molecule is CCc1cccc(C2(NC[C@@H](O)[C@@H]3Cc4ccc(c(F)c4)OCCCCC(=O)N[C@@H](CC(N)=O)C(=O)N3)CC2)c1. The van der Waals surface area contributed by atoms with Crippen LogP contribution in [0.25, 0.3) is 0 Å². The number of ether oxygens (including phenoxy) is 1. The number of hydrogen-bond acceptors (Lipinski definition) is 6. The van der Waals surface area contributed by atoms with Crippen LogP contribution in [0.2, 0.25) is 0 Å². The molecule has 10 heteroatoms. The third-order valence-electron chi connectivity index (χ3n) is 7.64. The molecule has 1 fully saturated rings. The largest absolute Gasteiger partial charge is 0.491 e. The number of nitrogens with two attached hydrogens (primary N) is 1. The van der Waals surface area contributed by atoms with Gasteiger partial charge in [0.15, 0.2) is 11.6 Å². The lowest BCUT2D eigenvalue weighted by Crippen LogP contribution is -2.56. The number of benzene rings is 2. The molecular weight excluding hydrogens is 515 g/mol. The standard InChI is InChI=1S/C30H39FN4O5/c1-2-19-6-5-7-21(14-19)30(11-12-30)33-18-25(36)23-16-20-9-10-26(22(31)15-20)40-13-4-3-8-28(38)34-24(17-27(32)37)29(39)35-23/h5-7,9-10,14-15,23-25,33,36H,2-4,8,11-13,16-18H2,1H3,(H2,32,37)(H,34,38)(H,35,39)/t23-,24-,25+/m0/s1. The van der Waals surface area contributed by atoms with Crippen LogP contribution in [0, 0.1) is 5.82 Å². The fraction of sp³-hybridized carbons (Fsp3) is 0.500. The zero-order valence-corrected chi connectivity index (χ0v) is 22.9. The second-order valence-corrected chi connectivity index (χ2v) is 10.8. The first-order chi connectivity index (χ1) is 19.2. The van der Waals surface area contributed by atoms with Crippen molar-refractivity contribution in [1.29, 1.82) is 0 Å². The first kappa shape index (κ1) is 29.5. The van der Waals surface area contributed by atoms with Gasteiger partial charge in [0.25, 0.3) is 0 Å². The fourth-order valence-electron chi connectivity index (χ4n) is 5.08. The van der Waals surface area contributed by atoms with Gasteiger partial charge in [-0.25, -0.2) is 4.39 Å². The highest BCUT2D eigenvalue weighted by atomic mass is 19.1. The maximum absolute atomic E-state index is 14.8. The van der Waals surface area contributed by atoms with E-state index in [9.17, 15) is 23.9 Å². The highest BCUT2D eigenvalue weighted by Crippen LogP contribution is 2.45. The van der Waals surface area contributed by atoms with Crippen LogP contribution in [0.1, 0.15) is 62.1 Å². The van der Waals surface area contributed by atoms with Crippen molar-refractivity contribution in [2.75, 3.05) is 13.2 Å². The van der Waals surface area contributed by atoms with Gasteiger partial charge in [0, 0.05) is 18.5 Å². The smallest absolute Gasteiger partial charge is 0.243 e. The predicted octanol–water partition coefficient (Wildman–Crippen LogP) is 1.98. The summed E-state index contributed by atoms with van der Waals surface area (Å²) in [6.07, 6.45) is 2.49. The van der Waals surface area contributed by atoms with Crippen molar-refractivity contribution in [3.05, 3.63) is 65.0 Å². The van der Waals surface area contributed by atoms with Crippen LogP contribution in [0.4, 0.5) is 4.39 Å². The molecule has 1 aliphatic carbocycles. The zero-order chi connectivity index (χ0) is 28.7. The molecular formula is C30H39FN4O5. The second-order valence-electron chi connectivity index (χ2n) is 10.8. The highest BCUT2D eigenvalue weighted by molar-refractivity contribution is 5.91. The van der Waals surface area contributed by atoms with Crippen LogP contribution < -0.4 is 26.4 Å². The van der Waals surface area contributed by atoms with Crippen molar-refractivity contribution in [3.63, 3.8) is 0 Å². The van der Waals surface area contributed by atoms with E-state index >= 15 is 0 Å². The van der Waals surface area contributed by atoms with Crippen LogP contribution in [-0.2, 0) is 32.8 Å². The number of amides is 3. The Hall–Kier alpha value is -3.50. The Kier molecular flexibility index (Phi) is 9.76.